The third kappa shape index (κ3) is 2.68. The molecule has 7 heteroatoms. The molecule has 0 amide bonds. The van der Waals surface area contributed by atoms with Gasteiger partial charge in [-0.1, -0.05) is 28.1 Å². The molecule has 2 heterocycles. The average molecular weight is 345 g/mol. The van der Waals surface area contributed by atoms with Crippen LogP contribution < -0.4 is 5.56 Å². The topological polar surface area (TPSA) is 91.8 Å². The van der Waals surface area contributed by atoms with Gasteiger partial charge in [0.15, 0.2) is 0 Å². The number of rotatable bonds is 2. The van der Waals surface area contributed by atoms with Crippen molar-refractivity contribution < 1.29 is 5.11 Å². The summed E-state index contributed by atoms with van der Waals surface area (Å²) in [4.78, 5) is 26.6. The Bertz CT molecular complexity index is 832. The first-order chi connectivity index (χ1) is 10.1. The first kappa shape index (κ1) is 13.4. The number of nitrogens with zero attached hydrogens (tertiary/aromatic N) is 3. The average Bonchev–Trinajstić information content (AvgIpc) is 2.49. The summed E-state index contributed by atoms with van der Waals surface area (Å²) in [5.74, 6) is -0.112. The fourth-order valence-electron chi connectivity index (χ4n) is 1.90. The van der Waals surface area contributed by atoms with Crippen molar-refractivity contribution in [3.05, 3.63) is 57.8 Å². The van der Waals surface area contributed by atoms with E-state index in [4.69, 9.17) is 0 Å². The molecule has 0 spiro atoms. The summed E-state index contributed by atoms with van der Waals surface area (Å²) in [5, 5.41) is 10.1. The largest absolute Gasteiger partial charge is 0.493 e. The quantitative estimate of drug-likeness (QED) is 0.744. The molecule has 21 heavy (non-hydrogen) atoms. The lowest BCUT2D eigenvalue weighted by molar-refractivity contribution is 0.454. The summed E-state index contributed by atoms with van der Waals surface area (Å²) in [6.07, 6.45) is 4.38. The van der Waals surface area contributed by atoms with Crippen molar-refractivity contribution in [1.82, 2.24) is 19.9 Å². The molecule has 3 rings (SSSR count). The van der Waals surface area contributed by atoms with E-state index in [-0.39, 0.29) is 17.3 Å². The highest BCUT2D eigenvalue weighted by molar-refractivity contribution is 9.10. The van der Waals surface area contributed by atoms with Crippen LogP contribution in [0.5, 0.6) is 5.88 Å². The molecule has 0 saturated carbocycles. The van der Waals surface area contributed by atoms with E-state index in [1.165, 1.54) is 18.7 Å². The van der Waals surface area contributed by atoms with Crippen LogP contribution in [0.1, 0.15) is 0 Å². The standard InChI is InChI=1S/C14H9BrN4O2/c15-10-3-1-8(2-4-10)11-13(20)18-12(19-14(11)21)9-5-16-7-17-6-9/h1-7H,(H2,18,19,20,21). The Morgan fingerprint density at radius 3 is 2.33 bits per heavy atom. The second kappa shape index (κ2) is 5.45. The minimum atomic E-state index is -0.427. The Labute approximate surface area is 127 Å². The van der Waals surface area contributed by atoms with Gasteiger partial charge in [-0.25, -0.2) is 9.97 Å². The molecule has 0 unspecified atom stereocenters. The summed E-state index contributed by atoms with van der Waals surface area (Å²) in [6, 6.07) is 7.02. The van der Waals surface area contributed by atoms with E-state index in [1.54, 1.807) is 24.3 Å². The number of hydrogen-bond acceptors (Lipinski definition) is 5. The van der Waals surface area contributed by atoms with Crippen molar-refractivity contribution in [1.29, 1.82) is 0 Å². The van der Waals surface area contributed by atoms with Crippen LogP contribution >= 0.6 is 15.9 Å². The van der Waals surface area contributed by atoms with Crippen LogP contribution in [0.25, 0.3) is 22.5 Å². The van der Waals surface area contributed by atoms with Crippen molar-refractivity contribution in [2.45, 2.75) is 0 Å². The number of nitrogens with one attached hydrogen (secondary N) is 1. The smallest absolute Gasteiger partial charge is 0.262 e. The van der Waals surface area contributed by atoms with E-state index in [1.807, 2.05) is 0 Å². The zero-order valence-electron chi connectivity index (χ0n) is 10.6. The first-order valence-corrected chi connectivity index (χ1v) is 6.79. The predicted molar refractivity (Wildman–Crippen MR) is 80.7 cm³/mol. The number of benzene rings is 1. The Hall–Kier alpha value is -2.54. The van der Waals surface area contributed by atoms with Gasteiger partial charge in [0, 0.05) is 16.9 Å². The summed E-state index contributed by atoms with van der Waals surface area (Å²) in [6.45, 7) is 0. The minimum Gasteiger partial charge on any atom is -0.493 e. The van der Waals surface area contributed by atoms with Crippen LogP contribution in [0, 0.1) is 0 Å². The molecule has 0 atom stereocenters. The number of hydrogen-bond donors (Lipinski definition) is 2. The summed E-state index contributed by atoms with van der Waals surface area (Å²) < 4.78 is 0.883. The zero-order valence-corrected chi connectivity index (χ0v) is 12.2. The highest BCUT2D eigenvalue weighted by Gasteiger charge is 2.14. The SMILES string of the molecule is O=c1[nH]c(-c2cncnc2)nc(O)c1-c1ccc(Br)cc1. The van der Waals surface area contributed by atoms with Crippen molar-refractivity contribution >= 4 is 15.9 Å². The van der Waals surface area contributed by atoms with Crippen LogP contribution in [0.3, 0.4) is 0 Å². The van der Waals surface area contributed by atoms with E-state index in [0.29, 0.717) is 11.1 Å². The van der Waals surface area contributed by atoms with Crippen LogP contribution in [-0.2, 0) is 0 Å². The lowest BCUT2D eigenvalue weighted by Gasteiger charge is -2.06. The number of aromatic hydroxyl groups is 1. The lowest BCUT2D eigenvalue weighted by Crippen LogP contribution is -2.12. The van der Waals surface area contributed by atoms with Crippen LogP contribution in [0.2, 0.25) is 0 Å². The second-order valence-electron chi connectivity index (χ2n) is 4.25. The molecule has 0 aliphatic rings. The number of H-pyrrole nitrogens is 1. The number of aromatic nitrogens is 4. The molecular weight excluding hydrogens is 336 g/mol. The fourth-order valence-corrected chi connectivity index (χ4v) is 2.16. The molecule has 104 valence electrons. The molecule has 1 aromatic carbocycles. The van der Waals surface area contributed by atoms with Crippen molar-refractivity contribution in [2.24, 2.45) is 0 Å². The second-order valence-corrected chi connectivity index (χ2v) is 5.16. The molecule has 0 radical (unpaired) electrons. The van der Waals surface area contributed by atoms with Gasteiger partial charge < -0.3 is 10.1 Å². The van der Waals surface area contributed by atoms with Crippen LogP contribution in [-0.4, -0.2) is 25.0 Å². The van der Waals surface area contributed by atoms with E-state index in [9.17, 15) is 9.90 Å². The Kier molecular flexibility index (Phi) is 3.49. The molecule has 0 bridgehead atoms. The van der Waals surface area contributed by atoms with Gasteiger partial charge >= 0.3 is 0 Å². The molecule has 6 nitrogen and oxygen atoms in total. The van der Waals surface area contributed by atoms with Crippen LogP contribution in [0.4, 0.5) is 0 Å². The molecule has 0 fully saturated rings. The Morgan fingerprint density at radius 1 is 1.05 bits per heavy atom. The predicted octanol–water partition coefficient (Wildman–Crippen LogP) is 2.36. The summed E-state index contributed by atoms with van der Waals surface area (Å²) in [5.41, 5.74) is 0.805. The summed E-state index contributed by atoms with van der Waals surface area (Å²) >= 11 is 3.32. The van der Waals surface area contributed by atoms with Crippen molar-refractivity contribution in [2.75, 3.05) is 0 Å². The summed E-state index contributed by atoms with van der Waals surface area (Å²) in [7, 11) is 0. The van der Waals surface area contributed by atoms with E-state index >= 15 is 0 Å². The molecule has 0 aliphatic heterocycles. The maximum atomic E-state index is 12.2. The van der Waals surface area contributed by atoms with E-state index in [0.717, 1.165) is 4.47 Å². The van der Waals surface area contributed by atoms with Gasteiger partial charge in [-0.05, 0) is 17.7 Å². The van der Waals surface area contributed by atoms with Crippen molar-refractivity contribution in [3.63, 3.8) is 0 Å². The highest BCUT2D eigenvalue weighted by atomic mass is 79.9. The Balaban J connectivity index is 2.13. The van der Waals surface area contributed by atoms with E-state index in [2.05, 4.69) is 35.9 Å². The molecular formula is C14H9BrN4O2. The normalized spacial score (nSPS) is 10.5. The van der Waals surface area contributed by atoms with Gasteiger partial charge in [0.1, 0.15) is 17.7 Å². The zero-order chi connectivity index (χ0) is 14.8. The third-order valence-corrected chi connectivity index (χ3v) is 3.40. The number of aromatic amines is 1. The Morgan fingerprint density at radius 2 is 1.71 bits per heavy atom. The van der Waals surface area contributed by atoms with Gasteiger partial charge in [-0.3, -0.25) is 4.79 Å². The monoisotopic (exact) mass is 344 g/mol. The third-order valence-electron chi connectivity index (χ3n) is 2.87. The first-order valence-electron chi connectivity index (χ1n) is 6.00. The molecule has 2 aromatic heterocycles. The number of halogens is 1. The van der Waals surface area contributed by atoms with Crippen molar-refractivity contribution in [3.8, 4) is 28.4 Å². The molecule has 0 saturated heterocycles. The van der Waals surface area contributed by atoms with Gasteiger partial charge in [-0.15, -0.1) is 0 Å². The minimum absolute atomic E-state index is 0.128. The molecule has 0 aliphatic carbocycles. The maximum absolute atomic E-state index is 12.2. The fraction of sp³-hybridized carbons (Fsp3) is 0. The molecule has 2 N–H and O–H groups in total. The van der Waals surface area contributed by atoms with Gasteiger partial charge in [0.2, 0.25) is 5.88 Å². The van der Waals surface area contributed by atoms with Gasteiger partial charge in [-0.2, -0.15) is 4.98 Å². The van der Waals surface area contributed by atoms with E-state index < -0.39 is 5.56 Å². The van der Waals surface area contributed by atoms with Crippen LogP contribution in [0.15, 0.2) is 52.3 Å². The van der Waals surface area contributed by atoms with Gasteiger partial charge in [0.25, 0.3) is 5.56 Å². The molecule has 3 aromatic rings. The lowest BCUT2D eigenvalue weighted by atomic mass is 10.1. The highest BCUT2D eigenvalue weighted by Crippen LogP contribution is 2.26. The van der Waals surface area contributed by atoms with Gasteiger partial charge in [0.05, 0.1) is 5.56 Å². The maximum Gasteiger partial charge on any atom is 0.262 e.